The molecule has 1 unspecified atom stereocenters. The van der Waals surface area contributed by atoms with E-state index in [-0.39, 0.29) is 0 Å². The molecule has 0 saturated heterocycles. The molecule has 82 valence electrons. The summed E-state index contributed by atoms with van der Waals surface area (Å²) in [6, 6.07) is 2.57. The Bertz CT molecular complexity index is 401. The van der Waals surface area contributed by atoms with Gasteiger partial charge in [0.1, 0.15) is 0 Å². The van der Waals surface area contributed by atoms with Gasteiger partial charge in [-0.3, -0.25) is 4.79 Å². The summed E-state index contributed by atoms with van der Waals surface area (Å²) in [5.41, 5.74) is 3.57. The summed E-state index contributed by atoms with van der Waals surface area (Å²) in [5.74, 6) is 0. The first-order chi connectivity index (χ1) is 6.97. The van der Waals surface area contributed by atoms with Crippen LogP contribution in [0.4, 0.5) is 0 Å². The van der Waals surface area contributed by atoms with Crippen LogP contribution in [-0.4, -0.2) is 10.9 Å². The fourth-order valence-corrected chi connectivity index (χ4v) is 2.73. The number of carbonyl (C=O) groups excluding carboxylic acids is 1. The Balaban J connectivity index is 2.44. The van der Waals surface area contributed by atoms with E-state index >= 15 is 0 Å². The Morgan fingerprint density at radius 1 is 1.47 bits per heavy atom. The number of aldehydes is 1. The first kappa shape index (κ1) is 10.5. The smallest absolute Gasteiger partial charge is 0.151 e. The molecule has 0 aliphatic heterocycles. The molecular formula is C13H19NO. The molecule has 2 heteroatoms. The Labute approximate surface area is 91.3 Å². The third kappa shape index (κ3) is 1.43. The van der Waals surface area contributed by atoms with E-state index in [1.165, 1.54) is 18.5 Å². The number of rotatable bonds is 2. The van der Waals surface area contributed by atoms with Crippen LogP contribution < -0.4 is 0 Å². The number of hydrogen-bond donors (Lipinski definition) is 0. The monoisotopic (exact) mass is 205 g/mol. The van der Waals surface area contributed by atoms with Crippen molar-refractivity contribution >= 4 is 6.29 Å². The number of aromatic nitrogens is 1. The molecule has 0 aromatic carbocycles. The van der Waals surface area contributed by atoms with Crippen molar-refractivity contribution in [2.45, 2.75) is 46.6 Å². The van der Waals surface area contributed by atoms with E-state index in [4.69, 9.17) is 0 Å². The largest absolute Gasteiger partial charge is 0.345 e. The van der Waals surface area contributed by atoms with Gasteiger partial charge in [0.2, 0.25) is 0 Å². The van der Waals surface area contributed by atoms with Crippen LogP contribution in [0.25, 0.3) is 0 Å². The molecular weight excluding hydrogens is 186 g/mol. The quantitative estimate of drug-likeness (QED) is 0.679. The highest BCUT2D eigenvalue weighted by Crippen LogP contribution is 2.50. The Morgan fingerprint density at radius 3 is 2.47 bits per heavy atom. The zero-order valence-electron chi connectivity index (χ0n) is 10.0. The van der Waals surface area contributed by atoms with Gasteiger partial charge in [-0.2, -0.15) is 0 Å². The van der Waals surface area contributed by atoms with Gasteiger partial charge in [0.25, 0.3) is 0 Å². The minimum atomic E-state index is 0.384. The van der Waals surface area contributed by atoms with Crippen molar-refractivity contribution in [1.82, 2.24) is 4.57 Å². The van der Waals surface area contributed by atoms with Crippen LogP contribution in [0.5, 0.6) is 0 Å². The third-order valence-corrected chi connectivity index (χ3v) is 3.93. The molecule has 1 heterocycles. The van der Waals surface area contributed by atoms with E-state index < -0.39 is 0 Å². The van der Waals surface area contributed by atoms with Crippen molar-refractivity contribution in [2.24, 2.45) is 5.41 Å². The summed E-state index contributed by atoms with van der Waals surface area (Å²) >= 11 is 0. The van der Waals surface area contributed by atoms with Gasteiger partial charge in [-0.05, 0) is 38.2 Å². The maximum Gasteiger partial charge on any atom is 0.151 e. The molecule has 1 fully saturated rings. The van der Waals surface area contributed by atoms with Gasteiger partial charge in [0.05, 0.1) is 0 Å². The highest BCUT2D eigenvalue weighted by Gasteiger charge is 2.40. The van der Waals surface area contributed by atoms with Crippen molar-refractivity contribution in [3.05, 3.63) is 23.0 Å². The Hall–Kier alpha value is -1.05. The molecule has 0 radical (unpaired) electrons. The van der Waals surface area contributed by atoms with E-state index in [2.05, 4.69) is 25.3 Å². The highest BCUT2D eigenvalue weighted by molar-refractivity contribution is 5.77. The van der Waals surface area contributed by atoms with E-state index in [1.807, 2.05) is 13.0 Å². The van der Waals surface area contributed by atoms with E-state index in [1.54, 1.807) is 0 Å². The summed E-state index contributed by atoms with van der Waals surface area (Å²) in [4.78, 5) is 10.9. The van der Waals surface area contributed by atoms with Crippen molar-refractivity contribution in [3.63, 3.8) is 0 Å². The first-order valence-electron chi connectivity index (χ1n) is 5.61. The van der Waals surface area contributed by atoms with Crippen LogP contribution in [0.3, 0.4) is 0 Å². The Kier molecular flexibility index (Phi) is 2.25. The molecule has 1 aromatic rings. The standard InChI is InChI=1S/C13H19NO/c1-9-7-11(8-15)10(2)14(9)12-5-6-13(12,3)4/h7-8,12H,5-6H2,1-4H3. The van der Waals surface area contributed by atoms with Crippen LogP contribution >= 0.6 is 0 Å². The molecule has 1 aliphatic rings. The van der Waals surface area contributed by atoms with Crippen molar-refractivity contribution < 1.29 is 4.79 Å². The van der Waals surface area contributed by atoms with E-state index in [0.29, 0.717) is 11.5 Å². The van der Waals surface area contributed by atoms with Gasteiger partial charge >= 0.3 is 0 Å². The highest BCUT2D eigenvalue weighted by atomic mass is 16.1. The summed E-state index contributed by atoms with van der Waals surface area (Å²) < 4.78 is 2.34. The van der Waals surface area contributed by atoms with Gasteiger partial charge in [-0.25, -0.2) is 0 Å². The van der Waals surface area contributed by atoms with Gasteiger partial charge < -0.3 is 4.57 Å². The molecule has 0 amide bonds. The third-order valence-electron chi connectivity index (χ3n) is 3.93. The molecule has 0 N–H and O–H groups in total. The van der Waals surface area contributed by atoms with Crippen LogP contribution in [-0.2, 0) is 0 Å². The normalized spacial score (nSPS) is 23.6. The average molecular weight is 205 g/mol. The Morgan fingerprint density at radius 2 is 2.13 bits per heavy atom. The first-order valence-corrected chi connectivity index (χ1v) is 5.61. The van der Waals surface area contributed by atoms with Crippen LogP contribution in [0.1, 0.15) is 54.5 Å². The number of aryl methyl sites for hydroxylation is 1. The average Bonchev–Trinajstić information content (AvgIpc) is 2.44. The molecule has 0 bridgehead atoms. The van der Waals surface area contributed by atoms with Gasteiger partial charge in [0.15, 0.2) is 6.29 Å². The predicted octanol–water partition coefficient (Wildman–Crippen LogP) is 3.28. The molecule has 0 spiro atoms. The van der Waals surface area contributed by atoms with Crippen LogP contribution in [0.15, 0.2) is 6.07 Å². The molecule has 2 nitrogen and oxygen atoms in total. The fraction of sp³-hybridized carbons (Fsp3) is 0.615. The predicted molar refractivity (Wildman–Crippen MR) is 61.3 cm³/mol. The zero-order valence-corrected chi connectivity index (χ0v) is 10.0. The maximum absolute atomic E-state index is 10.9. The second kappa shape index (κ2) is 3.22. The minimum Gasteiger partial charge on any atom is -0.345 e. The van der Waals surface area contributed by atoms with Crippen LogP contribution in [0.2, 0.25) is 0 Å². The lowest BCUT2D eigenvalue weighted by atomic mass is 9.67. The van der Waals surface area contributed by atoms with Crippen molar-refractivity contribution in [3.8, 4) is 0 Å². The second-order valence-electron chi connectivity index (χ2n) is 5.36. The lowest BCUT2D eigenvalue weighted by Gasteiger charge is -2.46. The topological polar surface area (TPSA) is 22.0 Å². The molecule has 1 saturated carbocycles. The molecule has 1 atom stereocenters. The van der Waals surface area contributed by atoms with E-state index in [0.717, 1.165) is 17.5 Å². The fourth-order valence-electron chi connectivity index (χ4n) is 2.73. The van der Waals surface area contributed by atoms with Gasteiger partial charge in [-0.1, -0.05) is 13.8 Å². The molecule has 15 heavy (non-hydrogen) atoms. The molecule has 2 rings (SSSR count). The molecule has 1 aliphatic carbocycles. The van der Waals surface area contributed by atoms with E-state index in [9.17, 15) is 4.79 Å². The minimum absolute atomic E-state index is 0.384. The summed E-state index contributed by atoms with van der Waals surface area (Å²) in [5, 5.41) is 0. The van der Waals surface area contributed by atoms with Crippen LogP contribution in [0, 0.1) is 19.3 Å². The zero-order chi connectivity index (χ0) is 11.2. The summed E-state index contributed by atoms with van der Waals surface area (Å²) in [6.07, 6.45) is 3.48. The number of hydrogen-bond acceptors (Lipinski definition) is 1. The molecule has 1 aromatic heterocycles. The number of nitrogens with zero attached hydrogens (tertiary/aromatic N) is 1. The maximum atomic E-state index is 10.9. The summed E-state index contributed by atoms with van der Waals surface area (Å²) in [7, 11) is 0. The number of carbonyl (C=O) groups is 1. The lowest BCUT2D eigenvalue weighted by molar-refractivity contribution is 0.0789. The van der Waals surface area contributed by atoms with Gasteiger partial charge in [0, 0.05) is 23.0 Å². The van der Waals surface area contributed by atoms with Crippen molar-refractivity contribution in [2.75, 3.05) is 0 Å². The lowest BCUT2D eigenvalue weighted by Crippen LogP contribution is -2.37. The van der Waals surface area contributed by atoms with Crippen molar-refractivity contribution in [1.29, 1.82) is 0 Å². The summed E-state index contributed by atoms with van der Waals surface area (Å²) in [6.45, 7) is 8.75. The SMILES string of the molecule is Cc1cc(C=O)c(C)n1C1CCC1(C)C. The second-order valence-corrected chi connectivity index (χ2v) is 5.36. The van der Waals surface area contributed by atoms with Gasteiger partial charge in [-0.15, -0.1) is 0 Å².